The zero-order valence-electron chi connectivity index (χ0n) is 19.1. The predicted octanol–water partition coefficient (Wildman–Crippen LogP) is 5.29. The molecule has 1 atom stereocenters. The first-order valence-electron chi connectivity index (χ1n) is 10.8. The van der Waals surface area contributed by atoms with Crippen LogP contribution in [0.5, 0.6) is 5.75 Å². The average molecular weight is 473 g/mol. The number of rotatable bonds is 10. The third-order valence-electron chi connectivity index (χ3n) is 5.10. The number of methoxy groups -OCH3 is 1. The van der Waals surface area contributed by atoms with E-state index in [4.69, 9.17) is 9.47 Å². The van der Waals surface area contributed by atoms with Crippen LogP contribution in [0.3, 0.4) is 0 Å². The molecule has 34 heavy (non-hydrogen) atoms. The first-order chi connectivity index (χ1) is 16.2. The molecule has 1 heterocycles. The molecule has 2 aromatic carbocycles. The van der Waals surface area contributed by atoms with Gasteiger partial charge in [-0.1, -0.05) is 30.3 Å². The topological polar surface area (TPSA) is 51.7 Å². The Morgan fingerprint density at radius 1 is 0.971 bits per heavy atom. The fraction of sp³-hybridized carbons (Fsp3) is 0.308. The highest BCUT2D eigenvalue weighted by atomic mass is 19.4. The van der Waals surface area contributed by atoms with Crippen molar-refractivity contribution < 1.29 is 27.4 Å². The summed E-state index contributed by atoms with van der Waals surface area (Å²) < 4.78 is 50.2. The molecule has 1 aromatic heterocycles. The summed E-state index contributed by atoms with van der Waals surface area (Å²) >= 11 is 0. The predicted molar refractivity (Wildman–Crippen MR) is 122 cm³/mol. The van der Waals surface area contributed by atoms with Crippen molar-refractivity contribution in [3.63, 3.8) is 0 Å². The Kier molecular flexibility index (Phi) is 8.65. The third kappa shape index (κ3) is 7.59. The molecular formula is C26H27F3N2O3. The van der Waals surface area contributed by atoms with Gasteiger partial charge in [-0.2, -0.15) is 13.2 Å². The summed E-state index contributed by atoms with van der Waals surface area (Å²) in [5.41, 5.74) is 1.25. The van der Waals surface area contributed by atoms with Crippen LogP contribution in [0.25, 0.3) is 0 Å². The molecule has 3 aromatic rings. The van der Waals surface area contributed by atoms with Crippen LogP contribution >= 0.6 is 0 Å². The molecule has 0 bridgehead atoms. The number of benzene rings is 2. The lowest BCUT2D eigenvalue weighted by molar-refractivity contribution is -0.138. The minimum Gasteiger partial charge on any atom is -0.488 e. The van der Waals surface area contributed by atoms with Gasteiger partial charge < -0.3 is 14.4 Å². The SMILES string of the molecule is COCC(C)Oc1cccc(CN(Cc2ccncc2)C(=O)Cc2cccc(C(F)(F)F)c2)c1. The maximum Gasteiger partial charge on any atom is 0.416 e. The highest BCUT2D eigenvalue weighted by molar-refractivity contribution is 5.79. The lowest BCUT2D eigenvalue weighted by Gasteiger charge is -2.24. The van der Waals surface area contributed by atoms with E-state index < -0.39 is 11.7 Å². The summed E-state index contributed by atoms with van der Waals surface area (Å²) in [6, 6.07) is 15.9. The quantitative estimate of drug-likeness (QED) is 0.403. The van der Waals surface area contributed by atoms with Crippen LogP contribution < -0.4 is 4.74 Å². The number of hydrogen-bond donors (Lipinski definition) is 0. The first kappa shape index (κ1) is 25.2. The number of aromatic nitrogens is 1. The van der Waals surface area contributed by atoms with E-state index in [-0.39, 0.29) is 25.0 Å². The Labute approximate surface area is 197 Å². The first-order valence-corrected chi connectivity index (χ1v) is 10.8. The van der Waals surface area contributed by atoms with Crippen LogP contribution in [0, 0.1) is 0 Å². The number of nitrogens with zero attached hydrogens (tertiary/aromatic N) is 2. The summed E-state index contributed by atoms with van der Waals surface area (Å²) in [4.78, 5) is 18.8. The standard InChI is InChI=1S/C26H27F3N2O3/c1-19(18-33-2)34-24-8-4-6-22(14-24)17-31(16-20-9-11-30-12-10-20)25(32)15-21-5-3-7-23(13-21)26(27,28)29/h3-14,19H,15-18H2,1-2H3. The summed E-state index contributed by atoms with van der Waals surface area (Å²) in [6.45, 7) is 2.90. The van der Waals surface area contributed by atoms with Crippen molar-refractivity contribution in [3.8, 4) is 5.75 Å². The van der Waals surface area contributed by atoms with Crippen molar-refractivity contribution in [3.05, 3.63) is 95.3 Å². The van der Waals surface area contributed by atoms with E-state index in [9.17, 15) is 18.0 Å². The smallest absolute Gasteiger partial charge is 0.416 e. The molecule has 0 aliphatic carbocycles. The van der Waals surface area contributed by atoms with Crippen LogP contribution in [0.15, 0.2) is 73.1 Å². The lowest BCUT2D eigenvalue weighted by Crippen LogP contribution is -2.31. The van der Waals surface area contributed by atoms with Gasteiger partial charge in [0.1, 0.15) is 11.9 Å². The molecular weight excluding hydrogens is 445 g/mol. The van der Waals surface area contributed by atoms with E-state index in [0.29, 0.717) is 24.5 Å². The molecule has 0 aliphatic rings. The number of ether oxygens (including phenoxy) is 2. The summed E-state index contributed by atoms with van der Waals surface area (Å²) in [5.74, 6) is 0.367. The fourth-order valence-corrected chi connectivity index (χ4v) is 3.52. The number of halogens is 3. The maximum absolute atomic E-state index is 13.2. The number of carbonyl (C=O) groups is 1. The van der Waals surface area contributed by atoms with Gasteiger partial charge in [-0.05, 0) is 53.9 Å². The molecule has 0 saturated heterocycles. The summed E-state index contributed by atoms with van der Waals surface area (Å²) in [5, 5.41) is 0. The molecule has 0 aliphatic heterocycles. The minimum absolute atomic E-state index is 0.143. The molecule has 180 valence electrons. The van der Waals surface area contributed by atoms with E-state index in [2.05, 4.69) is 4.98 Å². The van der Waals surface area contributed by atoms with Gasteiger partial charge in [-0.15, -0.1) is 0 Å². The molecule has 1 amide bonds. The Hall–Kier alpha value is -3.39. The van der Waals surface area contributed by atoms with Crippen LogP contribution in [-0.4, -0.2) is 35.6 Å². The van der Waals surface area contributed by atoms with Crippen molar-refractivity contribution >= 4 is 5.91 Å². The van der Waals surface area contributed by atoms with E-state index in [0.717, 1.165) is 23.3 Å². The molecule has 3 rings (SSSR count). The van der Waals surface area contributed by atoms with E-state index >= 15 is 0 Å². The van der Waals surface area contributed by atoms with Gasteiger partial charge in [-0.25, -0.2) is 0 Å². The van der Waals surface area contributed by atoms with Crippen molar-refractivity contribution in [2.75, 3.05) is 13.7 Å². The zero-order chi connectivity index (χ0) is 24.6. The molecule has 1 unspecified atom stereocenters. The molecule has 0 radical (unpaired) electrons. The maximum atomic E-state index is 13.2. The van der Waals surface area contributed by atoms with Crippen LogP contribution in [0.4, 0.5) is 13.2 Å². The van der Waals surface area contributed by atoms with Crippen molar-refractivity contribution in [2.24, 2.45) is 0 Å². The van der Waals surface area contributed by atoms with Gasteiger partial charge in [-0.3, -0.25) is 9.78 Å². The van der Waals surface area contributed by atoms with E-state index in [1.807, 2.05) is 31.2 Å². The molecule has 0 N–H and O–H groups in total. The summed E-state index contributed by atoms with van der Waals surface area (Å²) in [6.07, 6.45) is -1.48. The summed E-state index contributed by atoms with van der Waals surface area (Å²) in [7, 11) is 1.60. The van der Waals surface area contributed by atoms with Gasteiger partial charge >= 0.3 is 6.18 Å². The molecule has 0 spiro atoms. The van der Waals surface area contributed by atoms with Gasteiger partial charge in [0.25, 0.3) is 0 Å². The van der Waals surface area contributed by atoms with Gasteiger partial charge in [0.15, 0.2) is 0 Å². The number of hydrogen-bond acceptors (Lipinski definition) is 4. The number of carbonyl (C=O) groups excluding carboxylic acids is 1. The van der Waals surface area contributed by atoms with Gasteiger partial charge in [0.05, 0.1) is 18.6 Å². The molecule has 0 fully saturated rings. The van der Waals surface area contributed by atoms with Crippen molar-refractivity contribution in [1.29, 1.82) is 0 Å². The van der Waals surface area contributed by atoms with Crippen molar-refractivity contribution in [2.45, 2.75) is 38.7 Å². The monoisotopic (exact) mass is 472 g/mol. The zero-order valence-corrected chi connectivity index (χ0v) is 19.1. The van der Waals surface area contributed by atoms with Gasteiger partial charge in [0.2, 0.25) is 5.91 Å². The molecule has 0 saturated carbocycles. The number of alkyl halides is 3. The molecule has 8 heteroatoms. The highest BCUT2D eigenvalue weighted by Crippen LogP contribution is 2.29. The Morgan fingerprint density at radius 3 is 2.35 bits per heavy atom. The Balaban J connectivity index is 1.80. The van der Waals surface area contributed by atoms with Crippen LogP contribution in [0.2, 0.25) is 0 Å². The minimum atomic E-state index is -4.46. The lowest BCUT2D eigenvalue weighted by atomic mass is 10.1. The average Bonchev–Trinajstić information content (AvgIpc) is 2.79. The van der Waals surface area contributed by atoms with E-state index in [1.54, 1.807) is 36.5 Å². The Morgan fingerprint density at radius 2 is 1.65 bits per heavy atom. The third-order valence-corrected chi connectivity index (χ3v) is 5.10. The van der Waals surface area contributed by atoms with E-state index in [1.165, 1.54) is 12.1 Å². The highest BCUT2D eigenvalue weighted by Gasteiger charge is 2.30. The van der Waals surface area contributed by atoms with Crippen LogP contribution in [-0.2, 0) is 35.2 Å². The second-order valence-electron chi connectivity index (χ2n) is 8.01. The second kappa shape index (κ2) is 11.7. The largest absolute Gasteiger partial charge is 0.488 e. The second-order valence-corrected chi connectivity index (χ2v) is 8.01. The Bertz CT molecular complexity index is 1070. The number of pyridine rings is 1. The number of amides is 1. The van der Waals surface area contributed by atoms with Gasteiger partial charge in [0, 0.05) is 32.6 Å². The molecule has 5 nitrogen and oxygen atoms in total. The fourth-order valence-electron chi connectivity index (χ4n) is 3.52. The van der Waals surface area contributed by atoms with Crippen molar-refractivity contribution in [1.82, 2.24) is 9.88 Å². The van der Waals surface area contributed by atoms with Crippen LogP contribution in [0.1, 0.15) is 29.2 Å². The normalized spacial score (nSPS) is 12.3.